The van der Waals surface area contributed by atoms with Crippen LogP contribution >= 0.6 is 11.8 Å². The molecule has 1 aromatic rings. The normalized spacial score (nSPS) is 16.1. The third-order valence-corrected chi connectivity index (χ3v) is 4.42. The zero-order valence-electron chi connectivity index (χ0n) is 11.9. The van der Waals surface area contributed by atoms with E-state index in [1.165, 1.54) is 34.0 Å². The van der Waals surface area contributed by atoms with Crippen LogP contribution in [0.3, 0.4) is 0 Å². The van der Waals surface area contributed by atoms with Gasteiger partial charge >= 0.3 is 0 Å². The van der Waals surface area contributed by atoms with Crippen LogP contribution in [0, 0.1) is 12.3 Å². The average molecular weight is 284 g/mol. The van der Waals surface area contributed by atoms with Crippen molar-refractivity contribution < 1.29 is 0 Å². The molecule has 0 aromatic heterocycles. The van der Waals surface area contributed by atoms with Crippen molar-refractivity contribution in [3.05, 3.63) is 70.8 Å². The molecule has 0 saturated heterocycles. The van der Waals surface area contributed by atoms with Gasteiger partial charge in [-0.2, -0.15) is 0 Å². The molecule has 0 amide bonds. The second kappa shape index (κ2) is 6.62. The van der Waals surface area contributed by atoms with Gasteiger partial charge in [-0.05, 0) is 37.0 Å². The molecule has 2 nitrogen and oxygen atoms in total. The molecule has 0 radical (unpaired) electrons. The third-order valence-electron chi connectivity index (χ3n) is 3.43. The molecule has 1 unspecified atom stereocenters. The Kier molecular flexibility index (Phi) is 4.85. The van der Waals surface area contributed by atoms with Crippen LogP contribution in [0.25, 0.3) is 0 Å². The first-order valence-corrected chi connectivity index (χ1v) is 7.57. The lowest BCUT2D eigenvalue weighted by Gasteiger charge is -2.22. The van der Waals surface area contributed by atoms with Crippen LogP contribution in [0.15, 0.2) is 59.7 Å². The summed E-state index contributed by atoms with van der Waals surface area (Å²) in [6.07, 6.45) is 9.56. The van der Waals surface area contributed by atoms with Gasteiger partial charge in [0.1, 0.15) is 0 Å². The third kappa shape index (κ3) is 3.42. The van der Waals surface area contributed by atoms with Gasteiger partial charge in [-0.1, -0.05) is 65.9 Å². The number of allylic oxidation sites excluding steroid dienone is 5. The highest BCUT2D eigenvalue weighted by atomic mass is 32.2. The van der Waals surface area contributed by atoms with Crippen molar-refractivity contribution >= 4 is 16.9 Å². The predicted octanol–water partition coefficient (Wildman–Crippen LogP) is 4.50. The molecule has 0 heterocycles. The quantitative estimate of drug-likeness (QED) is 0.634. The summed E-state index contributed by atoms with van der Waals surface area (Å²) < 4.78 is 0. The molecule has 3 N–H and O–H groups in total. The molecule has 3 heteroatoms. The van der Waals surface area contributed by atoms with E-state index >= 15 is 0 Å². The molecule has 104 valence electrons. The molecule has 0 fully saturated rings. The Morgan fingerprint density at radius 1 is 1.30 bits per heavy atom. The maximum Gasteiger partial charge on any atom is 0.151 e. The lowest BCUT2D eigenvalue weighted by molar-refractivity contribution is 1.09. The molecule has 0 spiro atoms. The Balaban J connectivity index is 2.48. The Hall–Kier alpha value is -1.74. The van der Waals surface area contributed by atoms with E-state index in [9.17, 15) is 0 Å². The fourth-order valence-electron chi connectivity index (χ4n) is 2.34. The van der Waals surface area contributed by atoms with Crippen LogP contribution < -0.4 is 5.73 Å². The Morgan fingerprint density at radius 2 is 2.05 bits per heavy atom. The van der Waals surface area contributed by atoms with Gasteiger partial charge < -0.3 is 5.73 Å². The number of aryl methyl sites for hydroxylation is 1. The van der Waals surface area contributed by atoms with E-state index in [0.29, 0.717) is 0 Å². The molecule has 1 aromatic carbocycles. The smallest absolute Gasteiger partial charge is 0.151 e. The van der Waals surface area contributed by atoms with Gasteiger partial charge in [0.05, 0.1) is 5.25 Å². The lowest BCUT2D eigenvalue weighted by Crippen LogP contribution is -2.11. The van der Waals surface area contributed by atoms with Crippen LogP contribution in [0.4, 0.5) is 0 Å². The van der Waals surface area contributed by atoms with Gasteiger partial charge in [0, 0.05) is 0 Å². The summed E-state index contributed by atoms with van der Waals surface area (Å²) >= 11 is 1.40. The van der Waals surface area contributed by atoms with Crippen LogP contribution in [0.5, 0.6) is 0 Å². The monoisotopic (exact) mass is 284 g/mol. The number of rotatable bonds is 3. The number of amidine groups is 1. The standard InChI is InChI=1S/C17H20N2S/c1-12-8-4-3-5-10-14(12)16(20-17(18)19)15-11-7-6-9-13(15)2/h3,5-11,16H,4H2,1-2H3,(H3,18,19). The van der Waals surface area contributed by atoms with Crippen LogP contribution in [0.2, 0.25) is 0 Å². The summed E-state index contributed by atoms with van der Waals surface area (Å²) in [6.45, 7) is 4.24. The molecule has 0 bridgehead atoms. The zero-order valence-corrected chi connectivity index (χ0v) is 12.7. The van der Waals surface area contributed by atoms with Gasteiger partial charge in [0.25, 0.3) is 0 Å². The minimum atomic E-state index is 0.0766. The van der Waals surface area contributed by atoms with E-state index in [1.54, 1.807) is 0 Å². The minimum absolute atomic E-state index is 0.0766. The highest BCUT2D eigenvalue weighted by Gasteiger charge is 2.21. The van der Waals surface area contributed by atoms with Crippen molar-refractivity contribution in [1.29, 1.82) is 5.41 Å². The number of hydrogen-bond donors (Lipinski definition) is 2. The summed E-state index contributed by atoms with van der Waals surface area (Å²) in [5.74, 6) is 0. The van der Waals surface area contributed by atoms with Crippen LogP contribution in [-0.2, 0) is 0 Å². The molecule has 1 atom stereocenters. The van der Waals surface area contributed by atoms with Crippen molar-refractivity contribution in [3.63, 3.8) is 0 Å². The highest BCUT2D eigenvalue weighted by Crippen LogP contribution is 2.40. The summed E-state index contributed by atoms with van der Waals surface area (Å²) in [5, 5.41) is 7.89. The number of benzene rings is 1. The lowest BCUT2D eigenvalue weighted by atomic mass is 9.95. The molecule has 2 rings (SSSR count). The number of hydrogen-bond acceptors (Lipinski definition) is 2. The fourth-order valence-corrected chi connectivity index (χ4v) is 3.38. The van der Waals surface area contributed by atoms with E-state index in [1.807, 2.05) is 12.1 Å². The minimum Gasteiger partial charge on any atom is -0.379 e. The SMILES string of the molecule is CC1=CCC=CC=C1C(SC(=N)N)c1ccccc1C. The molecule has 0 saturated carbocycles. The second-order valence-corrected chi connectivity index (χ2v) is 6.04. The molecular weight excluding hydrogens is 264 g/mol. The summed E-state index contributed by atoms with van der Waals surface area (Å²) in [5.41, 5.74) is 10.6. The van der Waals surface area contributed by atoms with Crippen molar-refractivity contribution in [1.82, 2.24) is 0 Å². The van der Waals surface area contributed by atoms with E-state index in [-0.39, 0.29) is 10.4 Å². The number of thioether (sulfide) groups is 1. The molecule has 1 aliphatic rings. The Labute approximate surface area is 125 Å². The van der Waals surface area contributed by atoms with Gasteiger partial charge in [-0.25, -0.2) is 0 Å². The van der Waals surface area contributed by atoms with Gasteiger partial charge in [-0.3, -0.25) is 5.41 Å². The average Bonchev–Trinajstić information content (AvgIpc) is 2.61. The van der Waals surface area contributed by atoms with Crippen molar-refractivity contribution in [2.75, 3.05) is 0 Å². The summed E-state index contributed by atoms with van der Waals surface area (Å²) in [4.78, 5) is 0. The van der Waals surface area contributed by atoms with E-state index < -0.39 is 0 Å². The maximum atomic E-state index is 7.66. The Morgan fingerprint density at radius 3 is 2.75 bits per heavy atom. The van der Waals surface area contributed by atoms with Crippen LogP contribution in [0.1, 0.15) is 29.7 Å². The number of nitrogens with one attached hydrogen (secondary N) is 1. The molecule has 20 heavy (non-hydrogen) atoms. The Bertz CT molecular complexity index is 597. The van der Waals surface area contributed by atoms with Gasteiger partial charge in [-0.15, -0.1) is 0 Å². The van der Waals surface area contributed by atoms with Crippen molar-refractivity contribution in [2.45, 2.75) is 25.5 Å². The largest absolute Gasteiger partial charge is 0.379 e. The second-order valence-electron chi connectivity index (χ2n) is 4.89. The zero-order chi connectivity index (χ0) is 14.5. The maximum absolute atomic E-state index is 7.66. The summed E-state index contributed by atoms with van der Waals surface area (Å²) in [7, 11) is 0. The van der Waals surface area contributed by atoms with Crippen molar-refractivity contribution in [2.24, 2.45) is 5.73 Å². The predicted molar refractivity (Wildman–Crippen MR) is 89.0 cm³/mol. The summed E-state index contributed by atoms with van der Waals surface area (Å²) in [6, 6.07) is 8.31. The van der Waals surface area contributed by atoms with Crippen molar-refractivity contribution in [3.8, 4) is 0 Å². The topological polar surface area (TPSA) is 49.9 Å². The van der Waals surface area contributed by atoms with E-state index in [2.05, 4.69) is 50.3 Å². The highest BCUT2D eigenvalue weighted by molar-refractivity contribution is 8.14. The fraction of sp³-hybridized carbons (Fsp3) is 0.235. The van der Waals surface area contributed by atoms with Gasteiger partial charge in [0.2, 0.25) is 0 Å². The first kappa shape index (κ1) is 14.7. The number of nitrogens with two attached hydrogens (primary N) is 1. The molecular formula is C17H20N2S. The van der Waals surface area contributed by atoms with Crippen LogP contribution in [-0.4, -0.2) is 5.17 Å². The first-order chi connectivity index (χ1) is 9.59. The van der Waals surface area contributed by atoms with Gasteiger partial charge in [0.15, 0.2) is 5.17 Å². The molecule has 0 aliphatic heterocycles. The van der Waals surface area contributed by atoms with E-state index in [4.69, 9.17) is 11.1 Å². The first-order valence-electron chi connectivity index (χ1n) is 6.69. The van der Waals surface area contributed by atoms with E-state index in [0.717, 1.165) is 6.42 Å². The molecule has 1 aliphatic carbocycles.